The number of rotatable bonds is 4. The molecule has 0 bridgehead atoms. The third-order valence-electron chi connectivity index (χ3n) is 7.45. The van der Waals surface area contributed by atoms with E-state index in [1.54, 1.807) is 0 Å². The lowest BCUT2D eigenvalue weighted by atomic mass is 9.86. The number of alkyl halides is 3. The first-order valence-electron chi connectivity index (χ1n) is 12.5. The summed E-state index contributed by atoms with van der Waals surface area (Å²) in [5.74, 6) is -2.13. The number of hydrogen-bond acceptors (Lipinski definition) is 4. The number of nitrogens with zero attached hydrogens (tertiary/aromatic N) is 1. The molecule has 3 amide bonds. The highest BCUT2D eigenvalue weighted by Gasteiger charge is 2.47. The fourth-order valence-electron chi connectivity index (χ4n) is 5.66. The Kier molecular flexibility index (Phi) is 6.84. The number of amides is 3. The van der Waals surface area contributed by atoms with Crippen LogP contribution in [0.1, 0.15) is 51.1 Å². The van der Waals surface area contributed by atoms with Gasteiger partial charge in [0.2, 0.25) is 0 Å². The molecule has 3 aliphatic rings. The molecule has 3 heterocycles. The van der Waals surface area contributed by atoms with Gasteiger partial charge >= 0.3 is 12.2 Å². The third kappa shape index (κ3) is 4.99. The van der Waals surface area contributed by atoms with E-state index in [4.69, 9.17) is 23.2 Å². The molecule has 7 nitrogen and oxygen atoms in total. The predicted molar refractivity (Wildman–Crippen MR) is 142 cm³/mol. The zero-order valence-electron chi connectivity index (χ0n) is 20.8. The molecule has 14 heteroatoms. The van der Waals surface area contributed by atoms with Crippen molar-refractivity contribution in [2.24, 2.45) is 0 Å². The van der Waals surface area contributed by atoms with Crippen molar-refractivity contribution in [1.82, 2.24) is 16.2 Å². The molecule has 0 aliphatic carbocycles. The number of anilines is 2. The number of carbonyl (C=O) groups is 2. The predicted octanol–water partition coefficient (Wildman–Crippen LogP) is 6.17. The summed E-state index contributed by atoms with van der Waals surface area (Å²) in [5.41, 5.74) is 6.99. The van der Waals surface area contributed by atoms with Crippen molar-refractivity contribution in [3.8, 4) is 0 Å². The van der Waals surface area contributed by atoms with E-state index in [0.717, 1.165) is 24.3 Å². The van der Waals surface area contributed by atoms with Crippen molar-refractivity contribution in [2.75, 3.05) is 16.8 Å². The van der Waals surface area contributed by atoms with E-state index in [-0.39, 0.29) is 39.8 Å². The van der Waals surface area contributed by atoms with Crippen LogP contribution >= 0.6 is 23.2 Å². The van der Waals surface area contributed by atoms with Crippen LogP contribution in [-0.4, -0.2) is 30.7 Å². The van der Waals surface area contributed by atoms with E-state index < -0.39 is 47.9 Å². The second-order valence-electron chi connectivity index (χ2n) is 9.99. The molecule has 3 aromatic rings. The van der Waals surface area contributed by atoms with Crippen LogP contribution in [0.4, 0.5) is 38.1 Å². The Labute approximate surface area is 239 Å². The standard InChI is InChI=1S/C27H20Cl2F5N5O2/c28-12-5-11(6-14(31)7-12)25(40)35-20-9-16(19-10-21(38-37-19)27(32,33)34)15-3-4-39-24(15)22(20)23(36-26(39)41)17-8-13(30)1-2-18(17)29/h1-2,5-9,19,21,23,37-38H,3-4,10H2,(H,35,40)(H,36,41). The maximum atomic E-state index is 14.3. The average Bonchev–Trinajstić information content (AvgIpc) is 3.57. The molecule has 0 aromatic heterocycles. The second kappa shape index (κ2) is 10.1. The van der Waals surface area contributed by atoms with Gasteiger partial charge in [0, 0.05) is 45.0 Å². The van der Waals surface area contributed by atoms with Gasteiger partial charge in [-0.25, -0.2) is 24.4 Å². The van der Waals surface area contributed by atoms with E-state index in [0.29, 0.717) is 28.8 Å². The van der Waals surface area contributed by atoms with E-state index in [1.165, 1.54) is 23.1 Å². The first kappa shape index (κ1) is 27.7. The molecule has 3 unspecified atom stereocenters. The summed E-state index contributed by atoms with van der Waals surface area (Å²) in [5, 5.41) is 5.65. The van der Waals surface area contributed by atoms with Crippen LogP contribution in [0.3, 0.4) is 0 Å². The van der Waals surface area contributed by atoms with E-state index in [9.17, 15) is 31.5 Å². The van der Waals surface area contributed by atoms with Gasteiger partial charge in [0.15, 0.2) is 0 Å². The van der Waals surface area contributed by atoms with Gasteiger partial charge in [0.05, 0.1) is 11.7 Å². The molecule has 41 heavy (non-hydrogen) atoms. The Balaban J connectivity index is 1.53. The fraction of sp³-hybridized carbons (Fsp3) is 0.259. The molecule has 0 saturated carbocycles. The van der Waals surface area contributed by atoms with Gasteiger partial charge < -0.3 is 10.6 Å². The van der Waals surface area contributed by atoms with Gasteiger partial charge in [-0.2, -0.15) is 13.2 Å². The maximum absolute atomic E-state index is 14.3. The van der Waals surface area contributed by atoms with E-state index in [2.05, 4.69) is 21.5 Å². The number of halogens is 7. The van der Waals surface area contributed by atoms with E-state index in [1.807, 2.05) is 0 Å². The zero-order chi connectivity index (χ0) is 29.2. The van der Waals surface area contributed by atoms with Crippen molar-refractivity contribution in [3.63, 3.8) is 0 Å². The Hall–Kier alpha value is -3.45. The first-order valence-corrected chi connectivity index (χ1v) is 13.2. The van der Waals surface area contributed by atoms with Crippen LogP contribution in [0.5, 0.6) is 0 Å². The number of nitrogens with one attached hydrogen (secondary N) is 4. The largest absolute Gasteiger partial charge is 0.405 e. The van der Waals surface area contributed by atoms with Crippen LogP contribution in [0.25, 0.3) is 0 Å². The van der Waals surface area contributed by atoms with Gasteiger partial charge in [-0.05, 0) is 66.4 Å². The van der Waals surface area contributed by atoms with Gasteiger partial charge in [-0.1, -0.05) is 23.2 Å². The molecule has 214 valence electrons. The summed E-state index contributed by atoms with van der Waals surface area (Å²) in [6.45, 7) is 0.227. The number of carbonyl (C=O) groups excluding carboxylic acids is 2. The minimum Gasteiger partial charge on any atom is -0.327 e. The van der Waals surface area contributed by atoms with Crippen molar-refractivity contribution in [1.29, 1.82) is 0 Å². The monoisotopic (exact) mass is 611 g/mol. The minimum absolute atomic E-state index is 0.0200. The smallest absolute Gasteiger partial charge is 0.327 e. The molecular weight excluding hydrogens is 592 g/mol. The highest BCUT2D eigenvalue weighted by atomic mass is 35.5. The van der Waals surface area contributed by atoms with Crippen molar-refractivity contribution in [2.45, 2.75) is 37.1 Å². The van der Waals surface area contributed by atoms with Crippen LogP contribution in [0.15, 0.2) is 42.5 Å². The number of hydrazine groups is 1. The lowest BCUT2D eigenvalue weighted by molar-refractivity contribution is -0.153. The second-order valence-corrected chi connectivity index (χ2v) is 10.8. The Bertz CT molecular complexity index is 1580. The van der Waals surface area contributed by atoms with Gasteiger partial charge in [0.25, 0.3) is 5.91 Å². The summed E-state index contributed by atoms with van der Waals surface area (Å²) in [6, 6.07) is 4.27. The lowest BCUT2D eigenvalue weighted by Gasteiger charge is -2.35. The Morgan fingerprint density at radius 3 is 2.49 bits per heavy atom. The molecule has 4 N–H and O–H groups in total. The highest BCUT2D eigenvalue weighted by Crippen LogP contribution is 2.49. The summed E-state index contributed by atoms with van der Waals surface area (Å²) >= 11 is 12.4. The van der Waals surface area contributed by atoms with Crippen LogP contribution in [0, 0.1) is 11.6 Å². The van der Waals surface area contributed by atoms with Crippen molar-refractivity contribution in [3.05, 3.63) is 92.0 Å². The molecule has 3 aliphatic heterocycles. The molecular formula is C27H20Cl2F5N5O2. The maximum Gasteiger partial charge on any atom is 0.405 e. The van der Waals surface area contributed by atoms with Gasteiger partial charge in [-0.3, -0.25) is 9.69 Å². The molecule has 3 aromatic carbocycles. The quantitative estimate of drug-likeness (QED) is 0.266. The lowest BCUT2D eigenvalue weighted by Crippen LogP contribution is -2.46. The van der Waals surface area contributed by atoms with Gasteiger partial charge in [0.1, 0.15) is 17.7 Å². The minimum atomic E-state index is -4.50. The SMILES string of the molecule is O=C(Nc1cc(C2CC(C(F)(F)F)NN2)c2c3c1C(c1cc(F)ccc1Cl)NC(=O)N3CC2)c1cc(F)cc(Cl)c1. The summed E-state index contributed by atoms with van der Waals surface area (Å²) < 4.78 is 68.8. The summed E-state index contributed by atoms with van der Waals surface area (Å²) in [7, 11) is 0. The number of benzene rings is 3. The molecule has 0 radical (unpaired) electrons. The third-order valence-corrected chi connectivity index (χ3v) is 8.01. The molecule has 6 rings (SSSR count). The van der Waals surface area contributed by atoms with Crippen LogP contribution in [-0.2, 0) is 6.42 Å². The molecule has 1 fully saturated rings. The zero-order valence-corrected chi connectivity index (χ0v) is 22.3. The molecule has 1 saturated heterocycles. The number of urea groups is 1. The number of hydrogen-bond donors (Lipinski definition) is 4. The van der Waals surface area contributed by atoms with Gasteiger partial charge in [-0.15, -0.1) is 0 Å². The van der Waals surface area contributed by atoms with Crippen LogP contribution in [0.2, 0.25) is 10.0 Å². The Morgan fingerprint density at radius 2 is 1.78 bits per heavy atom. The Morgan fingerprint density at radius 1 is 1.00 bits per heavy atom. The molecule has 3 atom stereocenters. The van der Waals surface area contributed by atoms with Crippen molar-refractivity contribution < 1.29 is 31.5 Å². The average molecular weight is 612 g/mol. The van der Waals surface area contributed by atoms with Crippen LogP contribution < -0.4 is 26.4 Å². The van der Waals surface area contributed by atoms with Crippen molar-refractivity contribution >= 4 is 46.5 Å². The highest BCUT2D eigenvalue weighted by molar-refractivity contribution is 6.31. The molecule has 0 spiro atoms. The van der Waals surface area contributed by atoms with E-state index >= 15 is 0 Å². The summed E-state index contributed by atoms with van der Waals surface area (Å²) in [4.78, 5) is 28.0. The normalized spacial score (nSPS) is 21.6. The first-order chi connectivity index (χ1) is 19.4. The fourth-order valence-corrected chi connectivity index (χ4v) is 6.11. The summed E-state index contributed by atoms with van der Waals surface area (Å²) in [6.07, 6.45) is -4.51. The topological polar surface area (TPSA) is 85.5 Å².